The number of rotatable bonds is 9. The highest BCUT2D eigenvalue weighted by atomic mass is 16.3. The summed E-state index contributed by atoms with van der Waals surface area (Å²) in [4.78, 5) is 7.47. The van der Waals surface area contributed by atoms with Gasteiger partial charge in [0.2, 0.25) is 0 Å². The Kier molecular flexibility index (Phi) is 7.05. The average Bonchev–Trinajstić information content (AvgIpc) is 3.43. The van der Waals surface area contributed by atoms with Crippen molar-refractivity contribution < 1.29 is 5.11 Å². The number of aliphatic hydroxyl groups excluding tert-OH is 1. The molecule has 3 aliphatic heterocycles. The van der Waals surface area contributed by atoms with Crippen molar-refractivity contribution in [1.82, 2.24) is 21.0 Å². The van der Waals surface area contributed by atoms with Crippen LogP contribution in [0.25, 0.3) is 6.08 Å². The molecule has 1 radical (unpaired) electrons. The molecule has 4 heterocycles. The van der Waals surface area contributed by atoms with Crippen molar-refractivity contribution in [3.05, 3.63) is 76.7 Å². The number of anilines is 2. The van der Waals surface area contributed by atoms with Crippen LogP contribution < -0.4 is 31.4 Å². The standard InChI is InChI=1S/C29H36BN6O/c1-20-4-2-5-22(16-20)24-9-13-36(34-24)28-18-26(35-14-11-31-12-15-35)29-25(33-28)17-23(30-29)27(37)6-3-10-32-19-21-7-8-21/h2,4-5,9,13,16-19,24,27,31-32,34,37H,3,6-8,10-12,14-15H2,1H3. The van der Waals surface area contributed by atoms with E-state index in [-0.39, 0.29) is 6.04 Å². The molecule has 1 saturated heterocycles. The molecule has 2 atom stereocenters. The third-order valence-electron chi connectivity index (χ3n) is 7.51. The number of hydrogen-bond donors (Lipinski definition) is 4. The summed E-state index contributed by atoms with van der Waals surface area (Å²) in [5.74, 6) is 0.872. The second kappa shape index (κ2) is 10.7. The van der Waals surface area contributed by atoms with E-state index in [9.17, 15) is 5.11 Å². The van der Waals surface area contributed by atoms with Crippen LogP contribution >= 0.6 is 0 Å². The fourth-order valence-electron chi connectivity index (χ4n) is 5.25. The van der Waals surface area contributed by atoms with Gasteiger partial charge in [0.1, 0.15) is 5.82 Å². The van der Waals surface area contributed by atoms with E-state index in [4.69, 9.17) is 4.98 Å². The first kappa shape index (κ1) is 24.3. The van der Waals surface area contributed by atoms with Crippen LogP contribution in [0.3, 0.4) is 0 Å². The zero-order chi connectivity index (χ0) is 25.2. The SMILES string of the molecule is Cc1cccc(C2C=CN(c3cc(N4CCNCC4)c4c(n3)C=C(C(O)CCCNC=C3CC3)[B]4)N2)c1. The molecular weight excluding hydrogens is 459 g/mol. The lowest BCUT2D eigenvalue weighted by Crippen LogP contribution is -2.46. The molecule has 1 saturated carbocycles. The maximum atomic E-state index is 11.0. The highest BCUT2D eigenvalue weighted by Crippen LogP contribution is 2.30. The molecule has 8 heteroatoms. The van der Waals surface area contributed by atoms with Crippen LogP contribution in [0.1, 0.15) is 48.5 Å². The monoisotopic (exact) mass is 495 g/mol. The van der Waals surface area contributed by atoms with Crippen LogP contribution in [0, 0.1) is 6.92 Å². The molecule has 191 valence electrons. The predicted molar refractivity (Wildman–Crippen MR) is 152 cm³/mol. The van der Waals surface area contributed by atoms with Crippen molar-refractivity contribution in [1.29, 1.82) is 0 Å². The van der Waals surface area contributed by atoms with Gasteiger partial charge in [0, 0.05) is 50.7 Å². The quantitative estimate of drug-likeness (QED) is 0.315. The number of nitrogens with zero attached hydrogens (tertiary/aromatic N) is 3. The Morgan fingerprint density at radius 1 is 1.24 bits per heavy atom. The Morgan fingerprint density at radius 3 is 2.92 bits per heavy atom. The normalized spacial score (nSPS) is 21.0. The molecule has 0 bridgehead atoms. The third kappa shape index (κ3) is 5.61. The summed E-state index contributed by atoms with van der Waals surface area (Å²) in [6.45, 7) is 6.87. The highest BCUT2D eigenvalue weighted by Gasteiger charge is 2.29. The molecule has 4 aliphatic rings. The van der Waals surface area contributed by atoms with Gasteiger partial charge < -0.3 is 20.6 Å². The van der Waals surface area contributed by atoms with Crippen molar-refractivity contribution >= 4 is 30.3 Å². The van der Waals surface area contributed by atoms with Crippen LogP contribution in [0.15, 0.2) is 59.9 Å². The van der Waals surface area contributed by atoms with E-state index in [0.29, 0.717) is 0 Å². The van der Waals surface area contributed by atoms with E-state index in [0.717, 1.165) is 68.0 Å². The number of allylic oxidation sites excluding steroid dienone is 1. The first-order chi connectivity index (χ1) is 18.1. The fraction of sp³-hybridized carbons (Fsp3) is 0.414. The number of aromatic nitrogens is 1. The molecule has 1 aromatic carbocycles. The van der Waals surface area contributed by atoms with Crippen molar-refractivity contribution in [2.45, 2.75) is 44.8 Å². The lowest BCUT2D eigenvalue weighted by Gasteiger charge is -2.32. The van der Waals surface area contributed by atoms with Gasteiger partial charge in [-0.1, -0.05) is 40.9 Å². The van der Waals surface area contributed by atoms with Crippen LogP contribution in [0.2, 0.25) is 0 Å². The number of hydrazine groups is 1. The van der Waals surface area contributed by atoms with Gasteiger partial charge in [0.25, 0.3) is 0 Å². The Labute approximate surface area is 220 Å². The number of fused-ring (bicyclic) bond motifs is 1. The number of aryl methyl sites for hydroxylation is 1. The van der Waals surface area contributed by atoms with Gasteiger partial charge in [0.05, 0.1) is 17.8 Å². The first-order valence-corrected chi connectivity index (χ1v) is 13.6. The van der Waals surface area contributed by atoms with E-state index in [2.05, 4.69) is 90.0 Å². The largest absolute Gasteiger partial charge is 0.391 e. The van der Waals surface area contributed by atoms with Crippen molar-refractivity contribution in [3.8, 4) is 0 Å². The minimum absolute atomic E-state index is 0.112. The number of benzene rings is 1. The predicted octanol–water partition coefficient (Wildman–Crippen LogP) is 2.47. The summed E-state index contributed by atoms with van der Waals surface area (Å²) in [7, 11) is 2.15. The number of nitrogens with one attached hydrogen (secondary N) is 3. The molecule has 0 amide bonds. The van der Waals surface area contributed by atoms with Crippen molar-refractivity contribution in [3.63, 3.8) is 0 Å². The maximum absolute atomic E-state index is 11.0. The van der Waals surface area contributed by atoms with Gasteiger partial charge in [-0.25, -0.2) is 10.4 Å². The minimum Gasteiger partial charge on any atom is -0.391 e. The van der Waals surface area contributed by atoms with E-state index < -0.39 is 6.10 Å². The van der Waals surface area contributed by atoms with Gasteiger partial charge in [0.15, 0.2) is 7.28 Å². The highest BCUT2D eigenvalue weighted by molar-refractivity contribution is 6.67. The number of pyridine rings is 1. The fourth-order valence-corrected chi connectivity index (χ4v) is 5.25. The third-order valence-corrected chi connectivity index (χ3v) is 7.51. The number of hydrogen-bond acceptors (Lipinski definition) is 7. The van der Waals surface area contributed by atoms with Gasteiger partial charge >= 0.3 is 0 Å². The lowest BCUT2D eigenvalue weighted by molar-refractivity contribution is 0.206. The van der Waals surface area contributed by atoms with Gasteiger partial charge in [-0.3, -0.25) is 5.01 Å². The van der Waals surface area contributed by atoms with E-state index in [1.165, 1.54) is 35.2 Å². The molecule has 7 nitrogen and oxygen atoms in total. The van der Waals surface area contributed by atoms with Gasteiger partial charge in [-0.2, -0.15) is 0 Å². The van der Waals surface area contributed by atoms with E-state index in [1.54, 1.807) is 0 Å². The first-order valence-electron chi connectivity index (χ1n) is 13.6. The van der Waals surface area contributed by atoms with E-state index in [1.807, 2.05) is 5.01 Å². The van der Waals surface area contributed by atoms with Crippen molar-refractivity contribution in [2.75, 3.05) is 42.6 Å². The summed E-state index contributed by atoms with van der Waals surface area (Å²) in [5.41, 5.74) is 11.8. The second-order valence-electron chi connectivity index (χ2n) is 10.5. The van der Waals surface area contributed by atoms with Crippen LogP contribution in [0.4, 0.5) is 11.5 Å². The smallest absolute Gasteiger partial charge is 0.195 e. The number of piperazine rings is 1. The molecule has 37 heavy (non-hydrogen) atoms. The second-order valence-corrected chi connectivity index (χ2v) is 10.5. The average molecular weight is 495 g/mol. The van der Waals surface area contributed by atoms with Crippen molar-refractivity contribution in [2.24, 2.45) is 0 Å². The zero-order valence-corrected chi connectivity index (χ0v) is 21.6. The van der Waals surface area contributed by atoms with Crippen LogP contribution in [0.5, 0.6) is 0 Å². The summed E-state index contributed by atoms with van der Waals surface area (Å²) >= 11 is 0. The molecule has 1 aliphatic carbocycles. The summed E-state index contributed by atoms with van der Waals surface area (Å²) in [6, 6.07) is 10.9. The van der Waals surface area contributed by atoms with Gasteiger partial charge in [-0.05, 0) is 62.0 Å². The summed E-state index contributed by atoms with van der Waals surface area (Å²) < 4.78 is 0. The van der Waals surface area contributed by atoms with E-state index >= 15 is 0 Å². The zero-order valence-electron chi connectivity index (χ0n) is 21.6. The Morgan fingerprint density at radius 2 is 2.11 bits per heavy atom. The van der Waals surface area contributed by atoms with Gasteiger partial charge in [-0.15, -0.1) is 0 Å². The summed E-state index contributed by atoms with van der Waals surface area (Å²) in [5, 5.41) is 19.8. The minimum atomic E-state index is -0.487. The topological polar surface area (TPSA) is 75.7 Å². The molecule has 2 fully saturated rings. The van der Waals surface area contributed by atoms with Crippen LogP contribution in [-0.4, -0.2) is 56.2 Å². The Hall–Kier alpha value is -3.07. The maximum Gasteiger partial charge on any atom is 0.195 e. The molecule has 4 N–H and O–H groups in total. The molecule has 6 rings (SSSR count). The summed E-state index contributed by atoms with van der Waals surface area (Å²) in [6.07, 6.45) is 12.1. The molecule has 0 spiro atoms. The Bertz CT molecular complexity index is 1230. The molecule has 2 aromatic rings. The lowest BCUT2D eigenvalue weighted by atomic mass is 9.64. The Balaban J connectivity index is 1.20. The molecule has 1 aromatic heterocycles. The molecular formula is C29H36BN6O. The van der Waals surface area contributed by atoms with Crippen LogP contribution in [-0.2, 0) is 0 Å². The number of aliphatic hydroxyl groups is 1. The molecule has 2 unspecified atom stereocenters.